The third-order valence-electron chi connectivity index (χ3n) is 3.36. The molecule has 0 amide bonds. The number of rotatable bonds is 5. The summed E-state index contributed by atoms with van der Waals surface area (Å²) in [5, 5.41) is 3.15. The van der Waals surface area contributed by atoms with Gasteiger partial charge in [-0.1, -0.05) is 42.8 Å². The first-order valence-corrected chi connectivity index (χ1v) is 6.31. The van der Waals surface area contributed by atoms with E-state index in [9.17, 15) is 0 Å². The van der Waals surface area contributed by atoms with E-state index in [0.29, 0.717) is 0 Å². The van der Waals surface area contributed by atoms with Crippen LogP contribution in [-0.4, -0.2) is 13.6 Å². The molecule has 1 nitrogen and oxygen atoms in total. The first kappa shape index (κ1) is 11.4. The minimum Gasteiger partial charge on any atom is -0.319 e. The number of benzene rings is 1. The van der Waals surface area contributed by atoms with Crippen LogP contribution in [0.3, 0.4) is 0 Å². The van der Waals surface area contributed by atoms with Gasteiger partial charge in [-0.05, 0) is 49.9 Å². The summed E-state index contributed by atoms with van der Waals surface area (Å²) < 4.78 is 0. The fourth-order valence-electron chi connectivity index (χ4n) is 2.11. The van der Waals surface area contributed by atoms with Crippen molar-refractivity contribution in [1.82, 2.24) is 5.32 Å². The van der Waals surface area contributed by atoms with Gasteiger partial charge in [0.05, 0.1) is 0 Å². The standard InChI is InChI=1S/C15H21N/c1-16-11-3-2-6-13-7-4-10-15(12-13)14-8-5-9-14/h2,4,6-7,10,12,14,16H,3,5,8-9,11H2,1H3/b6-2+. The van der Waals surface area contributed by atoms with E-state index in [2.05, 4.69) is 41.7 Å². The highest BCUT2D eigenvalue weighted by Crippen LogP contribution is 2.36. The lowest BCUT2D eigenvalue weighted by molar-refractivity contribution is 0.420. The fraction of sp³-hybridized carbons (Fsp3) is 0.467. The summed E-state index contributed by atoms with van der Waals surface area (Å²) >= 11 is 0. The van der Waals surface area contributed by atoms with Gasteiger partial charge in [-0.2, -0.15) is 0 Å². The molecule has 0 atom stereocenters. The lowest BCUT2D eigenvalue weighted by atomic mass is 9.80. The van der Waals surface area contributed by atoms with Crippen LogP contribution < -0.4 is 5.32 Å². The Morgan fingerprint density at radius 1 is 1.38 bits per heavy atom. The van der Waals surface area contributed by atoms with Crippen LogP contribution in [0.4, 0.5) is 0 Å². The SMILES string of the molecule is CNCC/C=C/c1cccc(C2CCC2)c1. The summed E-state index contributed by atoms with van der Waals surface area (Å²) in [4.78, 5) is 0. The Balaban J connectivity index is 1.95. The van der Waals surface area contributed by atoms with Crippen molar-refractivity contribution in [2.75, 3.05) is 13.6 Å². The average molecular weight is 215 g/mol. The van der Waals surface area contributed by atoms with Gasteiger partial charge in [-0.25, -0.2) is 0 Å². The van der Waals surface area contributed by atoms with Gasteiger partial charge < -0.3 is 5.32 Å². The van der Waals surface area contributed by atoms with Crippen molar-refractivity contribution in [3.8, 4) is 0 Å². The minimum absolute atomic E-state index is 0.839. The largest absolute Gasteiger partial charge is 0.319 e. The van der Waals surface area contributed by atoms with E-state index in [1.165, 1.54) is 30.4 Å². The van der Waals surface area contributed by atoms with Crippen molar-refractivity contribution in [3.05, 3.63) is 41.5 Å². The maximum absolute atomic E-state index is 3.15. The van der Waals surface area contributed by atoms with E-state index in [1.807, 2.05) is 7.05 Å². The van der Waals surface area contributed by atoms with Crippen molar-refractivity contribution >= 4 is 6.08 Å². The summed E-state index contributed by atoms with van der Waals surface area (Å²) in [5.74, 6) is 0.839. The zero-order chi connectivity index (χ0) is 11.2. The van der Waals surface area contributed by atoms with Crippen molar-refractivity contribution < 1.29 is 0 Å². The molecule has 1 heteroatoms. The molecule has 0 aliphatic heterocycles. The molecule has 1 aliphatic rings. The van der Waals surface area contributed by atoms with Gasteiger partial charge in [-0.15, -0.1) is 0 Å². The number of hydrogen-bond donors (Lipinski definition) is 1. The molecule has 1 aromatic carbocycles. The van der Waals surface area contributed by atoms with Gasteiger partial charge in [0.15, 0.2) is 0 Å². The predicted octanol–water partition coefficient (Wildman–Crippen LogP) is 3.58. The van der Waals surface area contributed by atoms with Crippen LogP contribution in [0, 0.1) is 0 Å². The molecule has 0 spiro atoms. The molecular formula is C15H21N. The normalized spacial score (nSPS) is 16.6. The maximum atomic E-state index is 3.15. The van der Waals surface area contributed by atoms with Crippen LogP contribution in [0.2, 0.25) is 0 Å². The monoisotopic (exact) mass is 215 g/mol. The van der Waals surface area contributed by atoms with Gasteiger partial charge in [-0.3, -0.25) is 0 Å². The van der Waals surface area contributed by atoms with Gasteiger partial charge in [0.2, 0.25) is 0 Å². The Morgan fingerprint density at radius 3 is 2.94 bits per heavy atom. The summed E-state index contributed by atoms with van der Waals surface area (Å²) in [5.41, 5.74) is 2.88. The number of nitrogens with one attached hydrogen (secondary N) is 1. The molecule has 0 unspecified atom stereocenters. The quantitative estimate of drug-likeness (QED) is 0.740. The van der Waals surface area contributed by atoms with E-state index < -0.39 is 0 Å². The molecule has 1 aliphatic carbocycles. The molecule has 0 saturated heterocycles. The Bertz CT molecular complexity index is 350. The minimum atomic E-state index is 0.839. The maximum Gasteiger partial charge on any atom is -0.00172 e. The fourth-order valence-corrected chi connectivity index (χ4v) is 2.11. The molecule has 2 rings (SSSR count). The highest BCUT2D eigenvalue weighted by molar-refractivity contribution is 5.50. The molecule has 0 radical (unpaired) electrons. The van der Waals surface area contributed by atoms with Crippen LogP contribution in [-0.2, 0) is 0 Å². The molecule has 86 valence electrons. The molecule has 16 heavy (non-hydrogen) atoms. The lowest BCUT2D eigenvalue weighted by Gasteiger charge is -2.25. The zero-order valence-corrected chi connectivity index (χ0v) is 10.1. The zero-order valence-electron chi connectivity index (χ0n) is 10.1. The smallest absolute Gasteiger partial charge is 0.00172 e. The molecule has 1 saturated carbocycles. The van der Waals surface area contributed by atoms with Crippen LogP contribution >= 0.6 is 0 Å². The van der Waals surface area contributed by atoms with E-state index in [1.54, 1.807) is 0 Å². The highest BCUT2D eigenvalue weighted by Gasteiger charge is 2.18. The second kappa shape index (κ2) is 5.86. The Kier molecular flexibility index (Phi) is 4.17. The van der Waals surface area contributed by atoms with Gasteiger partial charge >= 0.3 is 0 Å². The van der Waals surface area contributed by atoms with Crippen LogP contribution in [0.15, 0.2) is 30.3 Å². The van der Waals surface area contributed by atoms with Crippen molar-refractivity contribution in [1.29, 1.82) is 0 Å². The van der Waals surface area contributed by atoms with E-state index >= 15 is 0 Å². The first-order chi connectivity index (χ1) is 7.90. The Hall–Kier alpha value is -1.08. The van der Waals surface area contributed by atoms with Gasteiger partial charge in [0, 0.05) is 0 Å². The van der Waals surface area contributed by atoms with Crippen molar-refractivity contribution in [2.24, 2.45) is 0 Å². The van der Waals surface area contributed by atoms with Crippen molar-refractivity contribution in [3.63, 3.8) is 0 Å². The predicted molar refractivity (Wildman–Crippen MR) is 70.6 cm³/mol. The van der Waals surface area contributed by atoms with E-state index in [0.717, 1.165) is 18.9 Å². The summed E-state index contributed by atoms with van der Waals surface area (Å²) in [6.07, 6.45) is 9.76. The molecule has 1 N–H and O–H groups in total. The molecular weight excluding hydrogens is 194 g/mol. The molecule has 1 fully saturated rings. The van der Waals surface area contributed by atoms with E-state index in [4.69, 9.17) is 0 Å². The second-order valence-electron chi connectivity index (χ2n) is 4.59. The summed E-state index contributed by atoms with van der Waals surface area (Å²) in [6.45, 7) is 1.05. The lowest BCUT2D eigenvalue weighted by Crippen LogP contribution is -2.08. The average Bonchev–Trinajstić information content (AvgIpc) is 2.23. The molecule has 0 bridgehead atoms. The van der Waals surface area contributed by atoms with Crippen LogP contribution in [0.25, 0.3) is 6.08 Å². The molecule has 0 aromatic heterocycles. The van der Waals surface area contributed by atoms with Gasteiger partial charge in [0.1, 0.15) is 0 Å². The molecule has 1 aromatic rings. The first-order valence-electron chi connectivity index (χ1n) is 6.31. The summed E-state index contributed by atoms with van der Waals surface area (Å²) in [7, 11) is 1.99. The van der Waals surface area contributed by atoms with E-state index in [-0.39, 0.29) is 0 Å². The van der Waals surface area contributed by atoms with Gasteiger partial charge in [0.25, 0.3) is 0 Å². The second-order valence-corrected chi connectivity index (χ2v) is 4.59. The van der Waals surface area contributed by atoms with Crippen LogP contribution in [0.5, 0.6) is 0 Å². The van der Waals surface area contributed by atoms with Crippen molar-refractivity contribution in [2.45, 2.75) is 31.6 Å². The molecule has 0 heterocycles. The van der Waals surface area contributed by atoms with Crippen LogP contribution in [0.1, 0.15) is 42.7 Å². The summed E-state index contributed by atoms with van der Waals surface area (Å²) in [6, 6.07) is 9.00. The Labute approximate surface area is 98.6 Å². The highest BCUT2D eigenvalue weighted by atomic mass is 14.8. The third kappa shape index (κ3) is 2.96. The Morgan fingerprint density at radius 2 is 2.25 bits per heavy atom. The topological polar surface area (TPSA) is 12.0 Å². The third-order valence-corrected chi connectivity index (χ3v) is 3.36. The number of hydrogen-bond acceptors (Lipinski definition) is 1.